The monoisotopic (exact) mass is 331 g/mol. The molecule has 0 aliphatic carbocycles. The Bertz CT molecular complexity index is 1000. The number of hydrogen-bond acceptors (Lipinski definition) is 4. The maximum Gasteiger partial charge on any atom is 0.226 e. The third-order valence-corrected chi connectivity index (χ3v) is 4.54. The van der Waals surface area contributed by atoms with Gasteiger partial charge in [0.25, 0.3) is 0 Å². The highest BCUT2D eigenvalue weighted by Crippen LogP contribution is 2.45. The molecule has 5 nitrogen and oxygen atoms in total. The molecule has 124 valence electrons. The quantitative estimate of drug-likeness (QED) is 0.698. The topological polar surface area (TPSA) is 64.0 Å². The number of ether oxygens (including phenoxy) is 1. The molecule has 1 aliphatic rings. The second-order valence-electron chi connectivity index (χ2n) is 6.23. The summed E-state index contributed by atoms with van der Waals surface area (Å²) in [6, 6.07) is 12.3. The van der Waals surface area contributed by atoms with Crippen molar-refractivity contribution in [1.29, 1.82) is 5.26 Å². The van der Waals surface area contributed by atoms with Crippen LogP contribution in [0.2, 0.25) is 0 Å². The van der Waals surface area contributed by atoms with Gasteiger partial charge in [-0.05, 0) is 39.0 Å². The van der Waals surface area contributed by atoms with Gasteiger partial charge in [-0.25, -0.2) is 4.68 Å². The van der Waals surface area contributed by atoms with Crippen molar-refractivity contribution in [3.8, 4) is 17.6 Å². The fraction of sp³-hybridized carbons (Fsp3) is 0.200. The van der Waals surface area contributed by atoms with Crippen molar-refractivity contribution in [2.24, 2.45) is 0 Å². The maximum absolute atomic E-state index is 9.66. The first kappa shape index (κ1) is 15.3. The molecule has 0 saturated heterocycles. The molecule has 0 amide bonds. The highest BCUT2D eigenvalue weighted by Gasteiger charge is 2.35. The summed E-state index contributed by atoms with van der Waals surface area (Å²) >= 11 is 0. The van der Waals surface area contributed by atoms with E-state index in [1.807, 2.05) is 51.1 Å². The Morgan fingerprint density at radius 2 is 1.88 bits per heavy atom. The minimum absolute atomic E-state index is 0.230. The van der Waals surface area contributed by atoms with Gasteiger partial charge < -0.3 is 9.15 Å². The zero-order valence-electron chi connectivity index (χ0n) is 14.3. The van der Waals surface area contributed by atoms with E-state index in [1.165, 1.54) is 5.56 Å². The van der Waals surface area contributed by atoms with Crippen LogP contribution in [0.4, 0.5) is 0 Å². The number of furan rings is 1. The van der Waals surface area contributed by atoms with Crippen molar-refractivity contribution in [3.05, 3.63) is 76.6 Å². The lowest BCUT2D eigenvalue weighted by molar-refractivity contribution is 0.373. The summed E-state index contributed by atoms with van der Waals surface area (Å²) in [6.07, 6.45) is 3.29. The van der Waals surface area contributed by atoms with E-state index in [0.717, 1.165) is 22.5 Å². The predicted octanol–water partition coefficient (Wildman–Crippen LogP) is 4.40. The Hall–Kier alpha value is -3.26. The van der Waals surface area contributed by atoms with Gasteiger partial charge in [-0.1, -0.05) is 17.7 Å². The SMILES string of the molecule is CC1=C(C#N)[C@@H](c2ccoc2)c2c(C)nn(-c3ccc(C)cc3)c2O1. The third-order valence-electron chi connectivity index (χ3n) is 4.54. The molecule has 1 aliphatic heterocycles. The van der Waals surface area contributed by atoms with Crippen LogP contribution < -0.4 is 4.74 Å². The van der Waals surface area contributed by atoms with E-state index in [1.54, 1.807) is 17.2 Å². The van der Waals surface area contributed by atoms with Crippen LogP contribution in [0.3, 0.4) is 0 Å². The third kappa shape index (κ3) is 2.34. The lowest BCUT2D eigenvalue weighted by atomic mass is 9.85. The van der Waals surface area contributed by atoms with Gasteiger partial charge in [-0.3, -0.25) is 0 Å². The average molecular weight is 331 g/mol. The molecule has 3 heterocycles. The van der Waals surface area contributed by atoms with E-state index in [2.05, 4.69) is 11.2 Å². The Balaban J connectivity index is 1.94. The number of allylic oxidation sites excluding steroid dienone is 2. The van der Waals surface area contributed by atoms with Crippen molar-refractivity contribution in [2.75, 3.05) is 0 Å². The second kappa shape index (κ2) is 5.67. The highest BCUT2D eigenvalue weighted by molar-refractivity contribution is 5.56. The zero-order chi connectivity index (χ0) is 17.6. The summed E-state index contributed by atoms with van der Waals surface area (Å²) in [7, 11) is 0. The molecule has 0 unspecified atom stereocenters. The number of aryl methyl sites for hydroxylation is 2. The minimum Gasteiger partial charge on any atom is -0.472 e. The maximum atomic E-state index is 9.66. The first-order valence-electron chi connectivity index (χ1n) is 8.07. The first-order chi connectivity index (χ1) is 12.1. The molecule has 1 aromatic carbocycles. The molecule has 2 aromatic heterocycles. The number of fused-ring (bicyclic) bond motifs is 1. The Kier molecular flexibility index (Phi) is 3.47. The summed E-state index contributed by atoms with van der Waals surface area (Å²) in [5, 5.41) is 14.3. The van der Waals surface area contributed by atoms with Gasteiger partial charge in [0.15, 0.2) is 0 Å². The molecule has 0 N–H and O–H groups in total. The molecular weight excluding hydrogens is 314 g/mol. The summed E-state index contributed by atoms with van der Waals surface area (Å²) in [4.78, 5) is 0. The van der Waals surface area contributed by atoms with Crippen LogP contribution >= 0.6 is 0 Å². The molecule has 0 saturated carbocycles. The van der Waals surface area contributed by atoms with Crippen molar-refractivity contribution in [2.45, 2.75) is 26.7 Å². The van der Waals surface area contributed by atoms with E-state index in [-0.39, 0.29) is 5.92 Å². The molecule has 0 fully saturated rings. The number of nitriles is 1. The number of nitrogens with zero attached hydrogens (tertiary/aromatic N) is 3. The van der Waals surface area contributed by atoms with Crippen molar-refractivity contribution in [3.63, 3.8) is 0 Å². The number of aromatic nitrogens is 2. The smallest absolute Gasteiger partial charge is 0.226 e. The molecule has 0 bridgehead atoms. The Morgan fingerprint density at radius 3 is 2.52 bits per heavy atom. The van der Waals surface area contributed by atoms with Crippen LogP contribution in [-0.4, -0.2) is 9.78 Å². The fourth-order valence-corrected chi connectivity index (χ4v) is 3.27. The fourth-order valence-electron chi connectivity index (χ4n) is 3.27. The van der Waals surface area contributed by atoms with Gasteiger partial charge in [0, 0.05) is 5.56 Å². The largest absolute Gasteiger partial charge is 0.472 e. The molecule has 5 heteroatoms. The van der Waals surface area contributed by atoms with Gasteiger partial charge in [0.05, 0.1) is 47.0 Å². The molecule has 25 heavy (non-hydrogen) atoms. The van der Waals surface area contributed by atoms with Crippen molar-refractivity contribution in [1.82, 2.24) is 9.78 Å². The molecule has 1 atom stereocenters. The lowest BCUT2D eigenvalue weighted by Gasteiger charge is -2.24. The minimum atomic E-state index is -0.230. The van der Waals surface area contributed by atoms with E-state index in [0.29, 0.717) is 17.2 Å². The van der Waals surface area contributed by atoms with E-state index >= 15 is 0 Å². The first-order valence-corrected chi connectivity index (χ1v) is 8.07. The van der Waals surface area contributed by atoms with Crippen LogP contribution in [0.25, 0.3) is 5.69 Å². The standard InChI is InChI=1S/C20H17N3O2/c1-12-4-6-16(7-5-12)23-20-18(13(2)22-23)19(15-8-9-24-11-15)17(10-21)14(3)25-20/h4-9,11,19H,1-3H3/t19-/m1/s1. The highest BCUT2D eigenvalue weighted by atomic mass is 16.5. The lowest BCUT2D eigenvalue weighted by Crippen LogP contribution is -2.15. The van der Waals surface area contributed by atoms with Gasteiger partial charge in [0.1, 0.15) is 5.76 Å². The van der Waals surface area contributed by atoms with Gasteiger partial charge in [0.2, 0.25) is 5.88 Å². The summed E-state index contributed by atoms with van der Waals surface area (Å²) in [6.45, 7) is 5.80. The van der Waals surface area contributed by atoms with Crippen LogP contribution in [0.5, 0.6) is 5.88 Å². The normalized spacial score (nSPS) is 16.3. The van der Waals surface area contributed by atoms with Crippen LogP contribution in [0.15, 0.2) is 58.6 Å². The number of benzene rings is 1. The molecular formula is C20H17N3O2. The summed E-state index contributed by atoms with van der Waals surface area (Å²) < 4.78 is 13.1. The van der Waals surface area contributed by atoms with Gasteiger partial charge in [-0.15, -0.1) is 0 Å². The van der Waals surface area contributed by atoms with Crippen molar-refractivity contribution < 1.29 is 9.15 Å². The summed E-state index contributed by atoms with van der Waals surface area (Å²) in [5.74, 6) is 1.02. The van der Waals surface area contributed by atoms with Gasteiger partial charge >= 0.3 is 0 Å². The number of hydrogen-bond donors (Lipinski definition) is 0. The van der Waals surface area contributed by atoms with E-state index in [4.69, 9.17) is 9.15 Å². The van der Waals surface area contributed by atoms with Crippen LogP contribution in [0.1, 0.15) is 35.2 Å². The Morgan fingerprint density at radius 1 is 1.12 bits per heavy atom. The molecule has 0 spiro atoms. The van der Waals surface area contributed by atoms with E-state index in [9.17, 15) is 5.26 Å². The van der Waals surface area contributed by atoms with Crippen LogP contribution in [-0.2, 0) is 0 Å². The molecule has 0 radical (unpaired) electrons. The predicted molar refractivity (Wildman–Crippen MR) is 92.5 cm³/mol. The van der Waals surface area contributed by atoms with Crippen LogP contribution in [0, 0.1) is 25.2 Å². The zero-order valence-corrected chi connectivity index (χ0v) is 14.3. The molecule has 4 rings (SSSR count). The van der Waals surface area contributed by atoms with Gasteiger partial charge in [-0.2, -0.15) is 10.4 Å². The summed E-state index contributed by atoms with van der Waals surface area (Å²) in [5.41, 5.74) is 5.36. The average Bonchev–Trinajstić information content (AvgIpc) is 3.23. The van der Waals surface area contributed by atoms with E-state index < -0.39 is 0 Å². The second-order valence-corrected chi connectivity index (χ2v) is 6.23. The Labute approximate surface area is 145 Å². The number of rotatable bonds is 2. The van der Waals surface area contributed by atoms with Crippen molar-refractivity contribution >= 4 is 0 Å². The molecule has 3 aromatic rings.